The normalized spacial score (nSPS) is 17.0. The Morgan fingerprint density at radius 2 is 0.851 bits per heavy atom. The molecule has 2 amide bonds. The Bertz CT molecular complexity index is 3630. The van der Waals surface area contributed by atoms with Gasteiger partial charge in [-0.15, -0.1) is 46.6 Å². The van der Waals surface area contributed by atoms with Crippen LogP contribution >= 0.6 is 46.6 Å². The van der Waals surface area contributed by atoms with E-state index in [0.717, 1.165) is 82.1 Å². The van der Waals surface area contributed by atoms with Gasteiger partial charge in [0.15, 0.2) is 0 Å². The summed E-state index contributed by atoms with van der Waals surface area (Å²) in [6.07, 6.45) is 87.5. The first-order valence-corrected chi connectivity index (χ1v) is 52.3. The average Bonchev–Trinajstić information content (AvgIpc) is 1.58. The molecular weight excluding hydrogens is 1460 g/mol. The van der Waals surface area contributed by atoms with Crippen LogP contribution in [0.3, 0.4) is 0 Å². The molecule has 0 N–H and O–H groups in total. The van der Waals surface area contributed by atoms with E-state index < -0.39 is 0 Å². The molecule has 640 valence electrons. The van der Waals surface area contributed by atoms with E-state index in [4.69, 9.17) is 12.6 Å². The topological polar surface area (TPSA) is 40.6 Å². The van der Waals surface area contributed by atoms with Gasteiger partial charge in [0.05, 0.1) is 22.5 Å². The number of allylic oxidation sites excluding steroid dienone is 3. The largest absolute Gasteiger partial charge is 0.307 e. The fraction of sp³-hybridized carbons (Fsp3) is 0.736. The van der Waals surface area contributed by atoms with Gasteiger partial charge in [-0.1, -0.05) is 422 Å². The van der Waals surface area contributed by atoms with Crippen molar-refractivity contribution in [2.45, 2.75) is 473 Å². The number of thiol groups is 1. The van der Waals surface area contributed by atoms with Gasteiger partial charge in [0.1, 0.15) is 0 Å². The number of benzene rings is 2. The summed E-state index contributed by atoms with van der Waals surface area (Å²) in [6.45, 7) is 25.1. The number of hydrogen-bond acceptors (Lipinski definition) is 6. The minimum atomic E-state index is 0.0300. The number of nitrogens with zero attached hydrogens (tertiary/aromatic N) is 2. The van der Waals surface area contributed by atoms with Crippen molar-refractivity contribution in [1.29, 1.82) is 0 Å². The zero-order valence-electron chi connectivity index (χ0n) is 75.5. The van der Waals surface area contributed by atoms with E-state index in [2.05, 4.69) is 156 Å². The number of hydrogen-bond donors (Lipinski definition) is 1. The number of unbranched alkanes of at least 4 members (excludes halogenated alkanes) is 43. The van der Waals surface area contributed by atoms with Gasteiger partial charge in [0.25, 0.3) is 11.8 Å². The molecule has 4 nitrogen and oxygen atoms in total. The van der Waals surface area contributed by atoms with Crippen molar-refractivity contribution in [1.82, 2.24) is 0 Å². The van der Waals surface area contributed by atoms with Gasteiger partial charge < -0.3 is 9.80 Å². The van der Waals surface area contributed by atoms with Crippen molar-refractivity contribution in [3.8, 4) is 9.75 Å². The molecule has 2 aromatic carbocycles. The highest BCUT2D eigenvalue weighted by atomic mass is 32.1. The lowest BCUT2D eigenvalue weighted by Crippen LogP contribution is -2.35. The SMILES string of the molecule is CCCCCCCCCCCCc1c2cc(C(C)(C)C)sc2c(CCCCCCCCCCCC)c2cc(-c3ccc(C4=c5cc6c7cc5N(CC(CCCCCCCCCCCC)CCCCCCCCCC(C)(C)/C=C/C=C(\S)C=7C(=O)N6CC(CCCCCCCCCC)CCCCCCCCCCCC)C4=O)s3)sc12. The van der Waals surface area contributed by atoms with Gasteiger partial charge in [0.2, 0.25) is 0 Å². The maximum Gasteiger partial charge on any atom is 0.260 e. The Labute approximate surface area is 718 Å². The van der Waals surface area contributed by atoms with E-state index in [1.807, 2.05) is 11.3 Å². The number of fused-ring (bicyclic) bond motifs is 2. The number of rotatable bonds is 57. The Balaban J connectivity index is 1.23. The molecule has 0 radical (unpaired) electrons. The molecule has 114 heavy (non-hydrogen) atoms. The molecule has 0 saturated carbocycles. The summed E-state index contributed by atoms with van der Waals surface area (Å²) in [6, 6.07) is 14.7. The third-order valence-electron chi connectivity index (χ3n) is 26.5. The van der Waals surface area contributed by atoms with Crippen LogP contribution in [0.4, 0.5) is 11.4 Å². The van der Waals surface area contributed by atoms with E-state index >= 15 is 9.59 Å². The van der Waals surface area contributed by atoms with Crippen molar-refractivity contribution in [2.24, 2.45) is 17.3 Å². The van der Waals surface area contributed by atoms with Crippen LogP contribution in [0.25, 0.3) is 41.1 Å². The second kappa shape index (κ2) is 54.8. The molecular formula is C106H170N2O2S4. The first-order chi connectivity index (χ1) is 55.6. The van der Waals surface area contributed by atoms with Crippen LogP contribution in [0.2, 0.25) is 0 Å². The lowest BCUT2D eigenvalue weighted by Gasteiger charge is -2.27. The maximum absolute atomic E-state index is 16.5. The fourth-order valence-electron chi connectivity index (χ4n) is 19.1. The molecule has 2 bridgehead atoms. The highest BCUT2D eigenvalue weighted by Crippen LogP contribution is 2.49. The lowest BCUT2D eigenvalue weighted by molar-refractivity contribution is -0.114. The summed E-state index contributed by atoms with van der Waals surface area (Å²) in [4.78, 5) is 43.0. The van der Waals surface area contributed by atoms with Crippen molar-refractivity contribution in [3.63, 3.8) is 0 Å². The molecule has 8 rings (SSSR count). The van der Waals surface area contributed by atoms with Crippen LogP contribution in [-0.2, 0) is 27.8 Å². The third kappa shape index (κ3) is 32.2. The molecule has 2 unspecified atom stereocenters. The van der Waals surface area contributed by atoms with Gasteiger partial charge in [-0.25, -0.2) is 0 Å². The molecule has 0 aliphatic carbocycles. The summed E-state index contributed by atoms with van der Waals surface area (Å²) in [5.74, 6) is 1.02. The first-order valence-electron chi connectivity index (χ1n) is 49.4. The van der Waals surface area contributed by atoms with Crippen molar-refractivity contribution >= 4 is 101 Å². The number of thiophene rings is 3. The van der Waals surface area contributed by atoms with E-state index in [1.54, 1.807) is 15.8 Å². The summed E-state index contributed by atoms with van der Waals surface area (Å²) in [5, 5.41) is 5.01. The zero-order chi connectivity index (χ0) is 81.0. The number of carbonyl (C=O) groups is 2. The fourth-order valence-corrected chi connectivity index (χ4v) is 23.2. The number of carbonyl (C=O) groups excluding carboxylic acids is 2. The van der Waals surface area contributed by atoms with Crippen molar-refractivity contribution in [2.75, 3.05) is 22.9 Å². The Kier molecular flexibility index (Phi) is 46.1. The molecule has 0 fully saturated rings. The number of anilines is 2. The van der Waals surface area contributed by atoms with Gasteiger partial charge in [0, 0.05) is 57.3 Å². The Hall–Kier alpha value is -3.43. The van der Waals surface area contributed by atoms with Gasteiger partial charge in [-0.3, -0.25) is 9.59 Å². The monoisotopic (exact) mass is 1630 g/mol. The number of amides is 2. The zero-order valence-corrected chi connectivity index (χ0v) is 78.8. The summed E-state index contributed by atoms with van der Waals surface area (Å²) in [5.41, 5.74) is 6.81. The molecule has 5 aromatic rings. The summed E-state index contributed by atoms with van der Waals surface area (Å²) >= 11 is 11.4. The molecule has 0 spiro atoms. The van der Waals surface area contributed by atoms with Gasteiger partial charge >= 0.3 is 0 Å². The highest BCUT2D eigenvalue weighted by molar-refractivity contribution is 7.85. The molecule has 2 atom stereocenters. The van der Waals surface area contributed by atoms with Crippen molar-refractivity contribution in [3.05, 3.63) is 90.8 Å². The quantitative estimate of drug-likeness (QED) is 0.0311. The molecule has 3 aliphatic heterocycles. The van der Waals surface area contributed by atoms with Crippen LogP contribution in [0.5, 0.6) is 0 Å². The second-order valence-electron chi connectivity index (χ2n) is 38.3. The summed E-state index contributed by atoms with van der Waals surface area (Å²) in [7, 11) is 0. The molecule has 0 saturated heterocycles. The van der Waals surface area contributed by atoms with Crippen LogP contribution in [0, 0.1) is 17.3 Å². The van der Waals surface area contributed by atoms with E-state index in [-0.39, 0.29) is 22.6 Å². The van der Waals surface area contributed by atoms with Crippen LogP contribution in [0.15, 0.2) is 59.5 Å². The van der Waals surface area contributed by atoms with E-state index in [1.165, 1.54) is 383 Å². The van der Waals surface area contributed by atoms with Crippen molar-refractivity contribution < 1.29 is 9.59 Å². The van der Waals surface area contributed by atoms with Gasteiger partial charge in [-0.05, 0) is 145 Å². The smallest absolute Gasteiger partial charge is 0.260 e. The molecule has 3 aromatic heterocycles. The maximum atomic E-state index is 16.5. The van der Waals surface area contributed by atoms with Gasteiger partial charge in [-0.2, -0.15) is 0 Å². The van der Waals surface area contributed by atoms with Crippen LogP contribution in [0.1, 0.15) is 475 Å². The number of aryl methyl sites for hydroxylation is 2. The molecule has 8 heteroatoms. The minimum absolute atomic E-state index is 0.0300. The second-order valence-corrected chi connectivity index (χ2v) is 41.9. The lowest BCUT2D eigenvalue weighted by atomic mass is 9.86. The standard InChI is InChI=1S/C106H170N2O2S4/c1-11-16-21-26-31-36-40-46-53-60-68-84(67-59-52-45-35-30-25-20-15-5)82-107-92-79-91-93-78-90(92)99(103(107)109)94(111)73-66-77-106(9,10)76-65-58-51-44-48-55-62-70-85(69-61-54-47-41-37-32-27-22-17-12-2)83-108(93)104(110)100(91)96-75-74-95(112-96)97-80-88-86(71-63-56-49-42-38-33-28-23-18-13-3)102-89(81-98(114-102)105(6,7)8)87(101(88)113-97)72-64-57-50-43-39-34-29-24-19-14-4/h66,73-75,77-81,84-85,111H,11-65,67-72,76,82-83H2,1-10H3/b77-66+,94-73-. The Morgan fingerprint density at radius 1 is 0.439 bits per heavy atom. The third-order valence-corrected chi connectivity index (χ3v) is 31.0. The predicted molar refractivity (Wildman–Crippen MR) is 515 cm³/mol. The van der Waals surface area contributed by atoms with Crippen LogP contribution in [-0.4, -0.2) is 24.9 Å². The van der Waals surface area contributed by atoms with E-state index in [0.29, 0.717) is 30.5 Å². The van der Waals surface area contributed by atoms with E-state index in [9.17, 15) is 0 Å². The average molecular weight is 1630 g/mol. The first kappa shape index (κ1) is 96.0. The van der Waals surface area contributed by atoms with Crippen LogP contribution < -0.4 is 20.2 Å². The predicted octanol–water partition coefficient (Wildman–Crippen LogP) is 34.4. The molecule has 3 aliphatic rings. The highest BCUT2D eigenvalue weighted by Gasteiger charge is 2.38. The Morgan fingerprint density at radius 3 is 1.34 bits per heavy atom. The molecule has 6 heterocycles. The minimum Gasteiger partial charge on any atom is -0.307 e. The summed E-state index contributed by atoms with van der Waals surface area (Å²) < 4.78 is 3.07.